The first-order valence-corrected chi connectivity index (χ1v) is 6.38. The van der Waals surface area contributed by atoms with Gasteiger partial charge in [0.15, 0.2) is 0 Å². The predicted octanol–water partition coefficient (Wildman–Crippen LogP) is 1.64. The monoisotopic (exact) mass is 252 g/mol. The second kappa shape index (κ2) is 5.52. The minimum Gasteiger partial charge on any atom is -0.344 e. The van der Waals surface area contributed by atoms with Crippen LogP contribution >= 0.6 is 0 Å². The summed E-state index contributed by atoms with van der Waals surface area (Å²) < 4.78 is 0. The molecule has 0 aliphatic heterocycles. The van der Waals surface area contributed by atoms with E-state index in [9.17, 15) is 4.79 Å². The summed E-state index contributed by atoms with van der Waals surface area (Å²) in [5.41, 5.74) is 6.71. The highest BCUT2D eigenvalue weighted by Gasteiger charge is 2.29. The fraction of sp³-hybridized carbons (Fsp3) is 0.692. The van der Waals surface area contributed by atoms with Crippen LogP contribution < -0.4 is 11.1 Å². The third-order valence-electron chi connectivity index (χ3n) is 3.55. The third kappa shape index (κ3) is 3.10. The quantitative estimate of drug-likeness (QED) is 0.744. The molecule has 1 rings (SSSR count). The summed E-state index contributed by atoms with van der Waals surface area (Å²) in [6.07, 6.45) is 0. The van der Waals surface area contributed by atoms with Gasteiger partial charge in [0.1, 0.15) is 5.69 Å². The normalized spacial score (nSPS) is 14.9. The number of amides is 1. The number of rotatable bonds is 5. The molecule has 1 aromatic rings. The van der Waals surface area contributed by atoms with E-state index >= 15 is 0 Å². The summed E-state index contributed by atoms with van der Waals surface area (Å²) in [5.74, 6) is 0.403. The lowest BCUT2D eigenvalue weighted by Crippen LogP contribution is -2.55. The average molecular weight is 252 g/mol. The van der Waals surface area contributed by atoms with Crippen LogP contribution in [0.1, 0.15) is 56.7 Å². The van der Waals surface area contributed by atoms with E-state index in [0.717, 1.165) is 5.69 Å². The smallest absolute Gasteiger partial charge is 0.272 e. The fourth-order valence-electron chi connectivity index (χ4n) is 1.50. The van der Waals surface area contributed by atoms with E-state index in [1.807, 2.05) is 34.6 Å². The Morgan fingerprint density at radius 2 is 2.11 bits per heavy atom. The number of nitrogens with one attached hydrogen (secondary N) is 2. The number of carbonyl (C=O) groups excluding carboxylic acids is 1. The van der Waals surface area contributed by atoms with Crippen LogP contribution in [0, 0.1) is 5.92 Å². The van der Waals surface area contributed by atoms with E-state index < -0.39 is 5.54 Å². The van der Waals surface area contributed by atoms with Crippen molar-refractivity contribution < 1.29 is 4.79 Å². The van der Waals surface area contributed by atoms with Gasteiger partial charge in [-0.25, -0.2) is 0 Å². The molecule has 1 amide bonds. The van der Waals surface area contributed by atoms with Gasteiger partial charge in [-0.1, -0.05) is 27.7 Å². The number of H-pyrrole nitrogens is 1. The van der Waals surface area contributed by atoms with Crippen molar-refractivity contribution in [3.63, 3.8) is 0 Å². The number of nitrogens with two attached hydrogens (primary N) is 1. The highest BCUT2D eigenvalue weighted by molar-refractivity contribution is 5.92. The SMILES string of the molecule is CC(C)c1cc(C(=O)NC(C)(CN)C(C)C)n[nH]1. The number of hydrogen-bond donors (Lipinski definition) is 3. The van der Waals surface area contributed by atoms with Crippen LogP contribution in [0.3, 0.4) is 0 Å². The van der Waals surface area contributed by atoms with Crippen molar-refractivity contribution in [1.82, 2.24) is 15.5 Å². The number of hydrogen-bond acceptors (Lipinski definition) is 3. The van der Waals surface area contributed by atoms with E-state index in [-0.39, 0.29) is 11.8 Å². The van der Waals surface area contributed by atoms with Gasteiger partial charge in [0, 0.05) is 12.2 Å². The lowest BCUT2D eigenvalue weighted by molar-refractivity contribution is 0.0878. The van der Waals surface area contributed by atoms with Crippen LogP contribution in [0.15, 0.2) is 6.07 Å². The van der Waals surface area contributed by atoms with E-state index in [2.05, 4.69) is 15.5 Å². The zero-order chi connectivity index (χ0) is 13.9. The Morgan fingerprint density at radius 1 is 1.50 bits per heavy atom. The second-order valence-corrected chi connectivity index (χ2v) is 5.59. The van der Waals surface area contributed by atoms with Gasteiger partial charge in [0.2, 0.25) is 0 Å². The summed E-state index contributed by atoms with van der Waals surface area (Å²) >= 11 is 0. The molecule has 0 saturated carbocycles. The van der Waals surface area contributed by atoms with Gasteiger partial charge in [0.25, 0.3) is 5.91 Å². The zero-order valence-electron chi connectivity index (χ0n) is 11.9. The molecular weight excluding hydrogens is 228 g/mol. The van der Waals surface area contributed by atoms with Gasteiger partial charge in [-0.2, -0.15) is 5.10 Å². The standard InChI is InChI=1S/C13H24N4O/c1-8(2)10-6-11(17-16-10)12(18)15-13(5,7-14)9(3)4/h6,8-9H,7,14H2,1-5H3,(H,15,18)(H,16,17). The highest BCUT2D eigenvalue weighted by atomic mass is 16.2. The maximum Gasteiger partial charge on any atom is 0.272 e. The first kappa shape index (κ1) is 14.7. The molecule has 1 aromatic heterocycles. The molecule has 0 saturated heterocycles. The van der Waals surface area contributed by atoms with E-state index in [4.69, 9.17) is 5.73 Å². The van der Waals surface area contributed by atoms with Crippen molar-refractivity contribution in [2.24, 2.45) is 11.7 Å². The van der Waals surface area contributed by atoms with Crippen LogP contribution in [-0.4, -0.2) is 28.2 Å². The minimum atomic E-state index is -0.409. The number of aromatic nitrogens is 2. The molecule has 5 nitrogen and oxygen atoms in total. The Labute approximate surface area is 109 Å². The molecule has 1 atom stereocenters. The van der Waals surface area contributed by atoms with Gasteiger partial charge in [-0.15, -0.1) is 0 Å². The third-order valence-corrected chi connectivity index (χ3v) is 3.55. The van der Waals surface area contributed by atoms with Crippen molar-refractivity contribution >= 4 is 5.91 Å². The summed E-state index contributed by atoms with van der Waals surface area (Å²) in [5, 5.41) is 9.88. The van der Waals surface area contributed by atoms with E-state index in [0.29, 0.717) is 18.2 Å². The van der Waals surface area contributed by atoms with Crippen LogP contribution in [0.25, 0.3) is 0 Å². The van der Waals surface area contributed by atoms with Crippen LogP contribution in [0.2, 0.25) is 0 Å². The van der Waals surface area contributed by atoms with E-state index in [1.165, 1.54) is 0 Å². The van der Waals surface area contributed by atoms with Crippen LogP contribution in [0.5, 0.6) is 0 Å². The Bertz CT molecular complexity index is 411. The highest BCUT2D eigenvalue weighted by Crippen LogP contribution is 2.17. The van der Waals surface area contributed by atoms with Crippen molar-refractivity contribution in [3.8, 4) is 0 Å². The molecule has 0 aliphatic carbocycles. The maximum atomic E-state index is 12.1. The Hall–Kier alpha value is -1.36. The lowest BCUT2D eigenvalue weighted by atomic mass is 9.88. The summed E-state index contributed by atoms with van der Waals surface area (Å²) in [7, 11) is 0. The molecule has 1 heterocycles. The molecule has 5 heteroatoms. The molecule has 0 radical (unpaired) electrons. The molecule has 0 bridgehead atoms. The fourth-order valence-corrected chi connectivity index (χ4v) is 1.50. The van der Waals surface area contributed by atoms with Crippen molar-refractivity contribution in [2.75, 3.05) is 6.54 Å². The maximum absolute atomic E-state index is 12.1. The number of carbonyl (C=O) groups is 1. The van der Waals surface area contributed by atoms with Gasteiger partial charge in [0.05, 0.1) is 5.54 Å². The molecule has 0 aromatic carbocycles. The zero-order valence-corrected chi connectivity index (χ0v) is 11.9. The van der Waals surface area contributed by atoms with Gasteiger partial charge in [-0.05, 0) is 24.8 Å². The largest absolute Gasteiger partial charge is 0.344 e. The second-order valence-electron chi connectivity index (χ2n) is 5.59. The minimum absolute atomic E-state index is 0.181. The predicted molar refractivity (Wildman–Crippen MR) is 72.4 cm³/mol. The summed E-state index contributed by atoms with van der Waals surface area (Å²) in [6, 6.07) is 1.79. The van der Waals surface area contributed by atoms with Crippen molar-refractivity contribution in [2.45, 2.75) is 46.1 Å². The molecule has 1 unspecified atom stereocenters. The summed E-state index contributed by atoms with van der Waals surface area (Å²) in [6.45, 7) is 10.5. The molecule has 0 fully saturated rings. The number of nitrogens with zero attached hydrogens (tertiary/aromatic N) is 1. The summed E-state index contributed by atoms with van der Waals surface area (Å²) in [4.78, 5) is 12.1. The first-order chi connectivity index (χ1) is 8.30. The van der Waals surface area contributed by atoms with Crippen molar-refractivity contribution in [1.29, 1.82) is 0 Å². The molecule has 102 valence electrons. The van der Waals surface area contributed by atoms with Crippen LogP contribution in [0.4, 0.5) is 0 Å². The Morgan fingerprint density at radius 3 is 2.50 bits per heavy atom. The Balaban J connectivity index is 2.81. The van der Waals surface area contributed by atoms with Crippen LogP contribution in [-0.2, 0) is 0 Å². The molecule has 0 aliphatic rings. The first-order valence-electron chi connectivity index (χ1n) is 6.38. The average Bonchev–Trinajstić information content (AvgIpc) is 2.77. The molecule has 4 N–H and O–H groups in total. The Kier molecular flexibility index (Phi) is 4.51. The molecule has 0 spiro atoms. The van der Waals surface area contributed by atoms with E-state index in [1.54, 1.807) is 6.07 Å². The number of aromatic amines is 1. The lowest BCUT2D eigenvalue weighted by Gasteiger charge is -2.33. The topological polar surface area (TPSA) is 83.8 Å². The van der Waals surface area contributed by atoms with Gasteiger partial charge in [-0.3, -0.25) is 9.89 Å². The van der Waals surface area contributed by atoms with Crippen molar-refractivity contribution in [3.05, 3.63) is 17.5 Å². The molecule has 18 heavy (non-hydrogen) atoms. The van der Waals surface area contributed by atoms with Gasteiger partial charge >= 0.3 is 0 Å². The molecular formula is C13H24N4O. The van der Waals surface area contributed by atoms with Gasteiger partial charge < -0.3 is 11.1 Å².